The summed E-state index contributed by atoms with van der Waals surface area (Å²) in [6.45, 7) is 0.342. The molecule has 0 bridgehead atoms. The minimum absolute atomic E-state index is 0.193. The molecule has 0 spiro atoms. The molecule has 0 saturated heterocycles. The minimum atomic E-state index is 0.193. The Morgan fingerprint density at radius 3 is 2.50 bits per heavy atom. The zero-order valence-corrected chi connectivity index (χ0v) is 9.92. The van der Waals surface area contributed by atoms with Crippen LogP contribution in [0.15, 0.2) is 18.2 Å². The van der Waals surface area contributed by atoms with E-state index in [1.165, 1.54) is 7.11 Å². The molecule has 0 atom stereocenters. The third-order valence-electron chi connectivity index (χ3n) is 1.99. The van der Waals surface area contributed by atoms with Crippen LogP contribution in [0.4, 0.5) is 0 Å². The second kappa shape index (κ2) is 4.93. The molecule has 6 heteroatoms. The largest absolute Gasteiger partial charge is 0.240 e. The molecule has 0 aliphatic carbocycles. The molecular weight excluding hydrogens is 251 g/mol. The van der Waals surface area contributed by atoms with Gasteiger partial charge in [-0.15, -0.1) is 0 Å². The van der Waals surface area contributed by atoms with Gasteiger partial charge in [-0.25, -0.2) is 19.7 Å². The van der Waals surface area contributed by atoms with Crippen LogP contribution in [0, 0.1) is 0 Å². The molecular formula is C10H8Cl2N2O2. The van der Waals surface area contributed by atoms with E-state index >= 15 is 0 Å². The number of benzene rings is 1. The summed E-state index contributed by atoms with van der Waals surface area (Å²) in [4.78, 5) is 17.5. The minimum Gasteiger partial charge on any atom is -0.240 e. The van der Waals surface area contributed by atoms with Crippen molar-refractivity contribution in [3.8, 4) is 0 Å². The van der Waals surface area contributed by atoms with E-state index in [9.17, 15) is 0 Å². The zero-order chi connectivity index (χ0) is 11.5. The first-order chi connectivity index (χ1) is 7.70. The van der Waals surface area contributed by atoms with Crippen LogP contribution in [-0.2, 0) is 16.4 Å². The number of halogens is 2. The molecule has 16 heavy (non-hydrogen) atoms. The summed E-state index contributed by atoms with van der Waals surface area (Å²) in [6.07, 6.45) is 0. The van der Waals surface area contributed by atoms with Crippen molar-refractivity contribution < 1.29 is 9.78 Å². The van der Waals surface area contributed by atoms with Crippen LogP contribution < -0.4 is 0 Å². The molecule has 1 aromatic heterocycles. The van der Waals surface area contributed by atoms with Crippen molar-refractivity contribution in [3.63, 3.8) is 0 Å². The first-order valence-corrected chi connectivity index (χ1v) is 5.23. The van der Waals surface area contributed by atoms with E-state index in [4.69, 9.17) is 28.1 Å². The number of hydrogen-bond acceptors (Lipinski definition) is 4. The van der Waals surface area contributed by atoms with Crippen molar-refractivity contribution in [1.82, 2.24) is 9.97 Å². The van der Waals surface area contributed by atoms with Crippen molar-refractivity contribution in [2.45, 2.75) is 6.61 Å². The molecule has 1 aromatic carbocycles. The number of aromatic nitrogens is 2. The highest BCUT2D eigenvalue weighted by molar-refractivity contribution is 6.40. The lowest BCUT2D eigenvalue weighted by molar-refractivity contribution is -0.282. The zero-order valence-electron chi connectivity index (χ0n) is 8.41. The summed E-state index contributed by atoms with van der Waals surface area (Å²) < 4.78 is 0. The van der Waals surface area contributed by atoms with Gasteiger partial charge in [0.05, 0.1) is 18.1 Å². The first-order valence-electron chi connectivity index (χ1n) is 4.48. The maximum atomic E-state index is 5.78. The Kier molecular flexibility index (Phi) is 3.56. The summed E-state index contributed by atoms with van der Waals surface area (Å²) in [5.74, 6) is 0. The lowest BCUT2D eigenvalue weighted by Crippen LogP contribution is -1.93. The van der Waals surface area contributed by atoms with Gasteiger partial charge >= 0.3 is 0 Å². The van der Waals surface area contributed by atoms with Crippen molar-refractivity contribution in [2.24, 2.45) is 0 Å². The standard InChI is InChI=1S/C10H8Cl2N2O2/c1-15-16-5-6-2-3-7-8(4-6)14-10(12)9(11)13-7/h2-4H,5H2,1H3. The van der Waals surface area contributed by atoms with Gasteiger partial charge in [0.25, 0.3) is 0 Å². The van der Waals surface area contributed by atoms with E-state index in [2.05, 4.69) is 14.9 Å². The summed E-state index contributed by atoms with van der Waals surface area (Å²) in [5, 5.41) is 0.397. The Morgan fingerprint density at radius 1 is 1.12 bits per heavy atom. The van der Waals surface area contributed by atoms with Crippen molar-refractivity contribution in [2.75, 3.05) is 7.11 Å². The lowest BCUT2D eigenvalue weighted by Gasteiger charge is -2.03. The summed E-state index contributed by atoms with van der Waals surface area (Å²) in [5.41, 5.74) is 2.28. The SMILES string of the molecule is COOCc1ccc2nc(Cl)c(Cl)nc2c1. The fourth-order valence-corrected chi connectivity index (χ4v) is 1.54. The highest BCUT2D eigenvalue weighted by Gasteiger charge is 2.05. The molecule has 2 aromatic rings. The molecule has 4 nitrogen and oxygen atoms in total. The molecule has 0 amide bonds. The monoisotopic (exact) mass is 258 g/mol. The molecule has 84 valence electrons. The third kappa shape index (κ3) is 2.41. The van der Waals surface area contributed by atoms with Crippen LogP contribution in [0.2, 0.25) is 10.3 Å². The molecule has 0 N–H and O–H groups in total. The number of rotatable bonds is 3. The molecule has 0 aliphatic heterocycles. The van der Waals surface area contributed by atoms with E-state index in [0.29, 0.717) is 17.6 Å². The summed E-state index contributed by atoms with van der Waals surface area (Å²) in [7, 11) is 1.46. The second-order valence-electron chi connectivity index (χ2n) is 3.06. The number of hydrogen-bond donors (Lipinski definition) is 0. The van der Waals surface area contributed by atoms with Crippen LogP contribution >= 0.6 is 23.2 Å². The smallest absolute Gasteiger partial charge is 0.167 e. The number of fused-ring (bicyclic) bond motifs is 1. The molecule has 0 radical (unpaired) electrons. The lowest BCUT2D eigenvalue weighted by atomic mass is 10.2. The maximum Gasteiger partial charge on any atom is 0.167 e. The van der Waals surface area contributed by atoms with E-state index in [0.717, 1.165) is 5.56 Å². The Bertz CT molecular complexity index is 519. The predicted octanol–water partition coefficient (Wildman–Crippen LogP) is 3.01. The van der Waals surface area contributed by atoms with Crippen LogP contribution in [0.25, 0.3) is 11.0 Å². The van der Waals surface area contributed by atoms with Gasteiger partial charge in [0.15, 0.2) is 10.3 Å². The van der Waals surface area contributed by atoms with E-state index < -0.39 is 0 Å². The van der Waals surface area contributed by atoms with E-state index in [1.54, 1.807) is 6.07 Å². The fourth-order valence-electron chi connectivity index (χ4n) is 1.27. The van der Waals surface area contributed by atoms with Crippen LogP contribution in [0.1, 0.15) is 5.56 Å². The van der Waals surface area contributed by atoms with Gasteiger partial charge < -0.3 is 0 Å². The van der Waals surface area contributed by atoms with Crippen LogP contribution in [0.5, 0.6) is 0 Å². The molecule has 0 unspecified atom stereocenters. The molecule has 1 heterocycles. The topological polar surface area (TPSA) is 44.2 Å². The predicted molar refractivity (Wildman–Crippen MR) is 61.4 cm³/mol. The van der Waals surface area contributed by atoms with Gasteiger partial charge in [-0.2, -0.15) is 0 Å². The molecule has 0 aliphatic rings. The normalized spacial score (nSPS) is 10.9. The highest BCUT2D eigenvalue weighted by atomic mass is 35.5. The molecule has 0 saturated carbocycles. The van der Waals surface area contributed by atoms with Crippen molar-refractivity contribution in [3.05, 3.63) is 34.1 Å². The van der Waals surface area contributed by atoms with E-state index in [1.807, 2.05) is 12.1 Å². The summed E-state index contributed by atoms with van der Waals surface area (Å²) >= 11 is 11.5. The van der Waals surface area contributed by atoms with Gasteiger partial charge in [-0.3, -0.25) is 0 Å². The van der Waals surface area contributed by atoms with Crippen LogP contribution in [0.3, 0.4) is 0 Å². The third-order valence-corrected chi connectivity index (χ3v) is 2.61. The maximum absolute atomic E-state index is 5.78. The van der Waals surface area contributed by atoms with E-state index in [-0.39, 0.29) is 10.3 Å². The number of nitrogens with zero attached hydrogens (tertiary/aromatic N) is 2. The van der Waals surface area contributed by atoms with Gasteiger partial charge in [-0.05, 0) is 17.7 Å². The Labute approximate surface area is 102 Å². The van der Waals surface area contributed by atoms with Crippen molar-refractivity contribution >= 4 is 34.2 Å². The van der Waals surface area contributed by atoms with Gasteiger partial charge in [0, 0.05) is 0 Å². The quantitative estimate of drug-likeness (QED) is 0.627. The van der Waals surface area contributed by atoms with Gasteiger partial charge in [0.2, 0.25) is 0 Å². The Hall–Kier alpha value is -0.940. The average Bonchev–Trinajstić information content (AvgIpc) is 2.28. The van der Waals surface area contributed by atoms with Gasteiger partial charge in [-0.1, -0.05) is 29.3 Å². The highest BCUT2D eigenvalue weighted by Crippen LogP contribution is 2.21. The molecule has 0 fully saturated rings. The Morgan fingerprint density at radius 2 is 1.81 bits per heavy atom. The van der Waals surface area contributed by atoms with Crippen molar-refractivity contribution in [1.29, 1.82) is 0 Å². The van der Waals surface area contributed by atoms with Crippen LogP contribution in [-0.4, -0.2) is 17.1 Å². The fraction of sp³-hybridized carbons (Fsp3) is 0.200. The van der Waals surface area contributed by atoms with Gasteiger partial charge in [0.1, 0.15) is 6.61 Å². The Balaban J connectivity index is 2.41. The second-order valence-corrected chi connectivity index (χ2v) is 3.77. The average molecular weight is 259 g/mol. The molecule has 2 rings (SSSR count). The first kappa shape index (κ1) is 11.5. The summed E-state index contributed by atoms with van der Waals surface area (Å²) in [6, 6.07) is 5.49.